The molecule has 0 fully saturated rings. The Morgan fingerprint density at radius 2 is 1.81 bits per heavy atom. The zero-order chi connectivity index (χ0) is 15.2. The Kier molecular flexibility index (Phi) is 5.47. The highest BCUT2D eigenvalue weighted by Gasteiger charge is 2.22. The third-order valence-corrected chi connectivity index (χ3v) is 4.26. The van der Waals surface area contributed by atoms with Crippen LogP contribution in [0, 0.1) is 0 Å². The SMILES string of the molecule is CCNC(c1ccc(OC)cc1OC)c1sccc1OC. The van der Waals surface area contributed by atoms with Crippen LogP contribution in [0.3, 0.4) is 0 Å². The second kappa shape index (κ2) is 7.33. The van der Waals surface area contributed by atoms with Gasteiger partial charge < -0.3 is 19.5 Å². The van der Waals surface area contributed by atoms with Crippen molar-refractivity contribution >= 4 is 11.3 Å². The molecule has 0 amide bonds. The molecule has 114 valence electrons. The standard InChI is InChI=1S/C16H21NO3S/c1-5-17-15(16-13(19-3)8-9-21-16)12-7-6-11(18-2)10-14(12)20-4/h6-10,15,17H,5H2,1-4H3. The Labute approximate surface area is 129 Å². The van der Waals surface area contributed by atoms with Gasteiger partial charge in [0, 0.05) is 11.6 Å². The first-order chi connectivity index (χ1) is 10.2. The van der Waals surface area contributed by atoms with Crippen LogP contribution in [0.4, 0.5) is 0 Å². The van der Waals surface area contributed by atoms with Crippen LogP contribution in [0.1, 0.15) is 23.4 Å². The average Bonchev–Trinajstić information content (AvgIpc) is 3.00. The molecule has 0 bridgehead atoms. The molecule has 4 nitrogen and oxygen atoms in total. The van der Waals surface area contributed by atoms with Crippen molar-refractivity contribution in [3.63, 3.8) is 0 Å². The average molecular weight is 307 g/mol. The lowest BCUT2D eigenvalue weighted by atomic mass is 10.0. The molecule has 0 aliphatic rings. The molecule has 21 heavy (non-hydrogen) atoms. The van der Waals surface area contributed by atoms with E-state index in [1.54, 1.807) is 32.7 Å². The summed E-state index contributed by atoms with van der Waals surface area (Å²) in [6.07, 6.45) is 0. The van der Waals surface area contributed by atoms with E-state index in [-0.39, 0.29) is 6.04 Å². The minimum absolute atomic E-state index is 0.0332. The van der Waals surface area contributed by atoms with Crippen LogP contribution in [0.5, 0.6) is 17.2 Å². The number of ether oxygens (including phenoxy) is 3. The highest BCUT2D eigenvalue weighted by molar-refractivity contribution is 7.10. The summed E-state index contributed by atoms with van der Waals surface area (Å²) in [5.41, 5.74) is 1.07. The van der Waals surface area contributed by atoms with E-state index >= 15 is 0 Å². The van der Waals surface area contributed by atoms with Crippen molar-refractivity contribution in [3.05, 3.63) is 40.1 Å². The smallest absolute Gasteiger partial charge is 0.134 e. The van der Waals surface area contributed by atoms with Crippen molar-refractivity contribution < 1.29 is 14.2 Å². The summed E-state index contributed by atoms with van der Waals surface area (Å²) in [5.74, 6) is 2.48. The Balaban J connectivity index is 2.47. The lowest BCUT2D eigenvalue weighted by Gasteiger charge is -2.21. The van der Waals surface area contributed by atoms with E-state index in [1.165, 1.54) is 0 Å². The molecule has 0 saturated carbocycles. The van der Waals surface area contributed by atoms with Gasteiger partial charge in [-0.1, -0.05) is 6.92 Å². The van der Waals surface area contributed by atoms with Crippen LogP contribution in [0.15, 0.2) is 29.6 Å². The van der Waals surface area contributed by atoms with Crippen molar-refractivity contribution in [2.75, 3.05) is 27.9 Å². The van der Waals surface area contributed by atoms with Crippen LogP contribution in [-0.4, -0.2) is 27.9 Å². The first-order valence-corrected chi connectivity index (χ1v) is 7.69. The van der Waals surface area contributed by atoms with Gasteiger partial charge in [-0.15, -0.1) is 11.3 Å². The fourth-order valence-electron chi connectivity index (χ4n) is 2.29. The Morgan fingerprint density at radius 3 is 2.43 bits per heavy atom. The Bertz CT molecular complexity index is 583. The van der Waals surface area contributed by atoms with Gasteiger partial charge in [0.15, 0.2) is 0 Å². The highest BCUT2D eigenvalue weighted by Crippen LogP contribution is 2.39. The van der Waals surface area contributed by atoms with Crippen molar-refractivity contribution in [1.82, 2.24) is 5.32 Å². The quantitative estimate of drug-likeness (QED) is 0.850. The van der Waals surface area contributed by atoms with Crippen molar-refractivity contribution in [2.45, 2.75) is 13.0 Å². The zero-order valence-electron chi connectivity index (χ0n) is 12.8. The summed E-state index contributed by atoms with van der Waals surface area (Å²) in [6.45, 7) is 2.93. The second-order valence-corrected chi connectivity index (χ2v) is 5.40. The van der Waals surface area contributed by atoms with Gasteiger partial charge in [-0.25, -0.2) is 0 Å². The predicted octanol–water partition coefficient (Wildman–Crippen LogP) is 3.47. The van der Waals surface area contributed by atoms with E-state index in [9.17, 15) is 0 Å². The molecule has 5 heteroatoms. The first kappa shape index (κ1) is 15.7. The van der Waals surface area contributed by atoms with E-state index in [4.69, 9.17) is 14.2 Å². The van der Waals surface area contributed by atoms with E-state index in [1.807, 2.05) is 29.6 Å². The number of hydrogen-bond acceptors (Lipinski definition) is 5. The molecule has 1 N–H and O–H groups in total. The molecule has 1 atom stereocenters. The summed E-state index contributed by atoms with van der Waals surface area (Å²) in [4.78, 5) is 1.14. The summed E-state index contributed by atoms with van der Waals surface area (Å²) in [5, 5.41) is 5.53. The fourth-order valence-corrected chi connectivity index (χ4v) is 3.25. The van der Waals surface area contributed by atoms with Crippen molar-refractivity contribution in [3.8, 4) is 17.2 Å². The van der Waals surface area contributed by atoms with Crippen molar-refractivity contribution in [1.29, 1.82) is 0 Å². The Morgan fingerprint density at radius 1 is 1.05 bits per heavy atom. The monoisotopic (exact) mass is 307 g/mol. The summed E-state index contributed by atoms with van der Waals surface area (Å²) in [6, 6.07) is 7.90. The van der Waals surface area contributed by atoms with Crippen LogP contribution in [0.2, 0.25) is 0 Å². The molecule has 0 aliphatic carbocycles. The minimum atomic E-state index is 0.0332. The van der Waals surface area contributed by atoms with Gasteiger partial charge in [0.1, 0.15) is 17.2 Å². The van der Waals surface area contributed by atoms with Crippen LogP contribution in [0.25, 0.3) is 0 Å². The van der Waals surface area contributed by atoms with E-state index in [2.05, 4.69) is 12.2 Å². The summed E-state index contributed by atoms with van der Waals surface area (Å²) >= 11 is 1.67. The predicted molar refractivity (Wildman–Crippen MR) is 85.9 cm³/mol. The molecule has 0 aliphatic heterocycles. The van der Waals surface area contributed by atoms with Gasteiger partial charge in [-0.3, -0.25) is 0 Å². The molecule has 1 unspecified atom stereocenters. The second-order valence-electron chi connectivity index (χ2n) is 4.45. The van der Waals surface area contributed by atoms with Gasteiger partial charge in [-0.05, 0) is 30.1 Å². The first-order valence-electron chi connectivity index (χ1n) is 6.81. The van der Waals surface area contributed by atoms with E-state index < -0.39 is 0 Å². The molecular formula is C16H21NO3S. The van der Waals surface area contributed by atoms with Crippen LogP contribution >= 0.6 is 11.3 Å². The van der Waals surface area contributed by atoms with E-state index in [0.29, 0.717) is 0 Å². The molecule has 1 aromatic carbocycles. The van der Waals surface area contributed by atoms with Gasteiger partial charge >= 0.3 is 0 Å². The lowest BCUT2D eigenvalue weighted by Crippen LogP contribution is -2.22. The number of methoxy groups -OCH3 is 3. The number of benzene rings is 1. The molecule has 0 radical (unpaired) electrons. The number of nitrogens with one attached hydrogen (secondary N) is 1. The molecule has 0 spiro atoms. The maximum Gasteiger partial charge on any atom is 0.134 e. The highest BCUT2D eigenvalue weighted by atomic mass is 32.1. The molecule has 0 saturated heterocycles. The van der Waals surface area contributed by atoms with Gasteiger partial charge in [0.05, 0.1) is 32.2 Å². The topological polar surface area (TPSA) is 39.7 Å². The zero-order valence-corrected chi connectivity index (χ0v) is 13.6. The van der Waals surface area contributed by atoms with Gasteiger partial charge in [-0.2, -0.15) is 0 Å². The molecule has 1 aromatic heterocycles. The maximum atomic E-state index is 5.53. The number of hydrogen-bond donors (Lipinski definition) is 1. The number of thiophene rings is 1. The molecule has 2 rings (SSSR count). The van der Waals surface area contributed by atoms with Crippen LogP contribution < -0.4 is 19.5 Å². The molecule has 2 aromatic rings. The van der Waals surface area contributed by atoms with Crippen molar-refractivity contribution in [2.24, 2.45) is 0 Å². The maximum absolute atomic E-state index is 5.53. The third kappa shape index (κ3) is 3.31. The summed E-state index contributed by atoms with van der Waals surface area (Å²) < 4.78 is 16.3. The minimum Gasteiger partial charge on any atom is -0.497 e. The third-order valence-electron chi connectivity index (χ3n) is 3.30. The Hall–Kier alpha value is -1.72. The molecular weight excluding hydrogens is 286 g/mol. The number of rotatable bonds is 7. The van der Waals surface area contributed by atoms with E-state index in [0.717, 1.165) is 34.2 Å². The fraction of sp³-hybridized carbons (Fsp3) is 0.375. The van der Waals surface area contributed by atoms with Gasteiger partial charge in [0.2, 0.25) is 0 Å². The van der Waals surface area contributed by atoms with Crippen LogP contribution in [-0.2, 0) is 0 Å². The van der Waals surface area contributed by atoms with Gasteiger partial charge in [0.25, 0.3) is 0 Å². The largest absolute Gasteiger partial charge is 0.497 e. The molecule has 1 heterocycles. The lowest BCUT2D eigenvalue weighted by molar-refractivity contribution is 0.385. The normalized spacial score (nSPS) is 12.0. The summed E-state index contributed by atoms with van der Waals surface area (Å²) in [7, 11) is 5.02.